The molecule has 0 bridgehead atoms. The lowest BCUT2D eigenvalue weighted by Crippen LogP contribution is -2.32. The molecular weight excluding hydrogens is 563 g/mol. The SMILES string of the molecule is CCCC1CCC(C2CC=C(c3ccc(-c4cc(F)c(C(F)(F)Oc5cc(F)c(F)c(F)c5)c(F)c4)nc3)CC2)OC1. The topological polar surface area (TPSA) is 31.4 Å². The van der Waals surface area contributed by atoms with E-state index in [0.717, 1.165) is 43.4 Å². The molecule has 0 N–H and O–H groups in total. The van der Waals surface area contributed by atoms with Gasteiger partial charge in [-0.3, -0.25) is 4.98 Å². The van der Waals surface area contributed by atoms with Gasteiger partial charge >= 0.3 is 6.11 Å². The van der Waals surface area contributed by atoms with Crippen LogP contribution >= 0.6 is 0 Å². The lowest BCUT2D eigenvalue weighted by molar-refractivity contribution is -0.189. The molecule has 3 unspecified atom stereocenters. The number of halogens is 7. The molecule has 42 heavy (non-hydrogen) atoms. The lowest BCUT2D eigenvalue weighted by atomic mass is 9.80. The van der Waals surface area contributed by atoms with Crippen molar-refractivity contribution < 1.29 is 40.2 Å². The quantitative estimate of drug-likeness (QED) is 0.193. The molecule has 224 valence electrons. The number of hydrogen-bond donors (Lipinski definition) is 0. The van der Waals surface area contributed by atoms with Crippen LogP contribution in [0.2, 0.25) is 0 Å². The third-order valence-corrected chi connectivity index (χ3v) is 8.05. The molecule has 0 saturated carbocycles. The molecule has 5 rings (SSSR count). The Morgan fingerprint density at radius 2 is 1.62 bits per heavy atom. The summed E-state index contributed by atoms with van der Waals surface area (Å²) in [5.41, 5.74) is 0.270. The molecular formula is C32H30F7NO2. The minimum Gasteiger partial charge on any atom is -0.429 e. The third kappa shape index (κ3) is 6.48. The second-order valence-electron chi connectivity index (χ2n) is 10.9. The van der Waals surface area contributed by atoms with Gasteiger partial charge in [-0.2, -0.15) is 8.78 Å². The van der Waals surface area contributed by atoms with Gasteiger partial charge in [-0.25, -0.2) is 22.0 Å². The Balaban J connectivity index is 1.26. The highest BCUT2D eigenvalue weighted by Gasteiger charge is 2.41. The number of benzene rings is 2. The zero-order valence-electron chi connectivity index (χ0n) is 22.9. The maximum Gasteiger partial charge on any atom is 0.432 e. The Hall–Kier alpha value is -3.40. The first-order valence-electron chi connectivity index (χ1n) is 14.0. The minimum atomic E-state index is -4.66. The van der Waals surface area contributed by atoms with E-state index in [1.165, 1.54) is 19.3 Å². The van der Waals surface area contributed by atoms with Crippen molar-refractivity contribution in [2.24, 2.45) is 11.8 Å². The van der Waals surface area contributed by atoms with Gasteiger partial charge in [-0.1, -0.05) is 25.5 Å². The highest BCUT2D eigenvalue weighted by atomic mass is 19.3. The fourth-order valence-corrected chi connectivity index (χ4v) is 5.83. The molecule has 1 saturated heterocycles. The van der Waals surface area contributed by atoms with Gasteiger partial charge in [0.05, 0.1) is 11.8 Å². The fourth-order valence-electron chi connectivity index (χ4n) is 5.83. The van der Waals surface area contributed by atoms with Gasteiger partial charge in [-0.15, -0.1) is 0 Å². The second-order valence-corrected chi connectivity index (χ2v) is 10.9. The Labute approximate surface area is 239 Å². The summed E-state index contributed by atoms with van der Waals surface area (Å²) in [6, 6.07) is 4.95. The van der Waals surface area contributed by atoms with Crippen LogP contribution in [0.15, 0.2) is 48.7 Å². The van der Waals surface area contributed by atoms with Crippen LogP contribution in [0, 0.1) is 40.9 Å². The van der Waals surface area contributed by atoms with Gasteiger partial charge in [0.2, 0.25) is 0 Å². The molecule has 1 fully saturated rings. The third-order valence-electron chi connectivity index (χ3n) is 8.05. The largest absolute Gasteiger partial charge is 0.432 e. The van der Waals surface area contributed by atoms with E-state index in [2.05, 4.69) is 22.7 Å². The molecule has 10 heteroatoms. The zero-order chi connectivity index (χ0) is 30.0. The van der Waals surface area contributed by atoms with Crippen LogP contribution in [0.3, 0.4) is 0 Å². The number of rotatable bonds is 8. The van der Waals surface area contributed by atoms with Gasteiger partial charge in [0, 0.05) is 30.5 Å². The van der Waals surface area contributed by atoms with Crippen LogP contribution in [0.4, 0.5) is 30.7 Å². The van der Waals surface area contributed by atoms with Crippen molar-refractivity contribution in [3.05, 3.63) is 88.9 Å². The monoisotopic (exact) mass is 593 g/mol. The van der Waals surface area contributed by atoms with Crippen LogP contribution < -0.4 is 4.74 Å². The molecule has 3 aromatic rings. The van der Waals surface area contributed by atoms with Crippen molar-refractivity contribution >= 4 is 5.57 Å². The Morgan fingerprint density at radius 3 is 2.17 bits per heavy atom. The van der Waals surface area contributed by atoms with E-state index in [1.54, 1.807) is 18.3 Å². The number of alkyl halides is 2. The highest BCUT2D eigenvalue weighted by molar-refractivity contribution is 5.68. The molecule has 0 radical (unpaired) electrons. The van der Waals surface area contributed by atoms with Gasteiger partial charge in [0.1, 0.15) is 22.9 Å². The van der Waals surface area contributed by atoms with Gasteiger partial charge in [0.25, 0.3) is 0 Å². The summed E-state index contributed by atoms with van der Waals surface area (Å²) in [6.45, 7) is 3.03. The van der Waals surface area contributed by atoms with Crippen molar-refractivity contribution in [3.63, 3.8) is 0 Å². The molecule has 1 aromatic heterocycles. The van der Waals surface area contributed by atoms with Crippen LogP contribution in [-0.4, -0.2) is 17.7 Å². The summed E-state index contributed by atoms with van der Waals surface area (Å²) in [5.74, 6) is -8.82. The molecule has 0 amide bonds. The summed E-state index contributed by atoms with van der Waals surface area (Å²) in [5, 5.41) is 0. The number of ether oxygens (including phenoxy) is 2. The fraction of sp³-hybridized carbons (Fsp3) is 0.406. The molecule has 1 aliphatic heterocycles. The first-order chi connectivity index (χ1) is 20.1. The van der Waals surface area contributed by atoms with Crippen LogP contribution in [0.1, 0.15) is 63.0 Å². The smallest absolute Gasteiger partial charge is 0.429 e. The molecule has 2 heterocycles. The van der Waals surface area contributed by atoms with Gasteiger partial charge < -0.3 is 9.47 Å². The zero-order valence-corrected chi connectivity index (χ0v) is 22.9. The Kier molecular flexibility index (Phi) is 8.92. The van der Waals surface area contributed by atoms with E-state index < -0.39 is 46.5 Å². The summed E-state index contributed by atoms with van der Waals surface area (Å²) < 4.78 is 109. The minimum absolute atomic E-state index is 0.0940. The summed E-state index contributed by atoms with van der Waals surface area (Å²) in [4.78, 5) is 4.29. The number of aromatic nitrogens is 1. The van der Waals surface area contributed by atoms with E-state index in [9.17, 15) is 30.7 Å². The molecule has 0 spiro atoms. The summed E-state index contributed by atoms with van der Waals surface area (Å²) in [6.07, 6.45) is 6.77. The number of nitrogens with zero attached hydrogens (tertiary/aromatic N) is 1. The van der Waals surface area contributed by atoms with Crippen LogP contribution in [-0.2, 0) is 10.8 Å². The van der Waals surface area contributed by atoms with E-state index in [1.807, 2.05) is 0 Å². The maximum absolute atomic E-state index is 14.8. The molecule has 3 nitrogen and oxygen atoms in total. The summed E-state index contributed by atoms with van der Waals surface area (Å²) >= 11 is 0. The van der Waals surface area contributed by atoms with E-state index in [4.69, 9.17) is 4.74 Å². The average molecular weight is 594 g/mol. The van der Waals surface area contributed by atoms with Crippen molar-refractivity contribution in [1.82, 2.24) is 4.98 Å². The van der Waals surface area contributed by atoms with E-state index >= 15 is 0 Å². The summed E-state index contributed by atoms with van der Waals surface area (Å²) in [7, 11) is 0. The Bertz CT molecular complexity index is 1400. The van der Waals surface area contributed by atoms with Crippen LogP contribution in [0.25, 0.3) is 16.8 Å². The van der Waals surface area contributed by atoms with Crippen molar-refractivity contribution in [3.8, 4) is 17.0 Å². The second kappa shape index (κ2) is 12.5. The average Bonchev–Trinajstić information content (AvgIpc) is 2.96. The van der Waals surface area contributed by atoms with Crippen molar-refractivity contribution in [2.45, 2.75) is 64.1 Å². The molecule has 3 atom stereocenters. The van der Waals surface area contributed by atoms with Crippen molar-refractivity contribution in [1.29, 1.82) is 0 Å². The normalized spacial score (nSPS) is 21.2. The molecule has 1 aliphatic carbocycles. The number of hydrogen-bond acceptors (Lipinski definition) is 3. The predicted molar refractivity (Wildman–Crippen MR) is 143 cm³/mol. The molecule has 2 aromatic carbocycles. The van der Waals surface area contributed by atoms with Crippen molar-refractivity contribution in [2.75, 3.05) is 6.61 Å². The lowest BCUT2D eigenvalue weighted by Gasteiger charge is -2.35. The number of pyridine rings is 1. The van der Waals surface area contributed by atoms with E-state index in [0.29, 0.717) is 24.0 Å². The first kappa shape index (κ1) is 30.1. The predicted octanol–water partition coefficient (Wildman–Crippen LogP) is 9.35. The van der Waals surface area contributed by atoms with E-state index in [-0.39, 0.29) is 29.5 Å². The maximum atomic E-state index is 14.8. The van der Waals surface area contributed by atoms with Gasteiger partial charge in [-0.05, 0) is 79.7 Å². The Morgan fingerprint density at radius 1 is 0.905 bits per heavy atom. The first-order valence-corrected chi connectivity index (χ1v) is 14.0. The molecule has 2 aliphatic rings. The van der Waals surface area contributed by atoms with Gasteiger partial charge in [0.15, 0.2) is 17.5 Å². The standard InChI is InChI=1S/C32H30F7NO2/c1-2-3-18-4-11-29(41-17-18)20-7-5-19(6-8-20)21-9-10-28(40-16-21)22-12-24(33)30(25(34)13-22)32(38,39)42-23-14-26(35)31(37)27(36)15-23/h5,9-10,12-16,18,20,29H,2-4,6-8,11,17H2,1H3. The highest BCUT2D eigenvalue weighted by Crippen LogP contribution is 2.39. The van der Waals surface area contributed by atoms with Crippen LogP contribution in [0.5, 0.6) is 5.75 Å². The number of allylic oxidation sites excluding steroid dienone is 2.